The summed E-state index contributed by atoms with van der Waals surface area (Å²) < 4.78 is 10.4. The number of amides is 1. The van der Waals surface area contributed by atoms with Crippen LogP contribution in [0.5, 0.6) is 0 Å². The smallest absolute Gasteiger partial charge is 0.248 e. The van der Waals surface area contributed by atoms with Crippen LogP contribution in [0.4, 0.5) is 0 Å². The van der Waals surface area contributed by atoms with Gasteiger partial charge in [-0.3, -0.25) is 4.79 Å². The van der Waals surface area contributed by atoms with Gasteiger partial charge in [0.2, 0.25) is 5.91 Å². The van der Waals surface area contributed by atoms with E-state index in [0.29, 0.717) is 39.2 Å². The minimum absolute atomic E-state index is 0.0848. The second-order valence-electron chi connectivity index (χ2n) is 4.64. The number of rotatable bonds is 6. The summed E-state index contributed by atoms with van der Waals surface area (Å²) in [6.07, 6.45) is 2.07. The molecule has 1 fully saturated rings. The van der Waals surface area contributed by atoms with E-state index in [-0.39, 0.29) is 12.5 Å². The molecule has 1 N–H and O–H groups in total. The Bertz CT molecular complexity index is 239. The number of likely N-dealkylation sites (N-methyl/N-ethyl adjacent to an activating group) is 1. The molecule has 0 aromatic rings. The normalized spacial score (nSPS) is 19.0. The summed E-state index contributed by atoms with van der Waals surface area (Å²) in [7, 11) is 1.70. The number of carbonyl (C=O) groups is 1. The maximum Gasteiger partial charge on any atom is 0.248 e. The van der Waals surface area contributed by atoms with Gasteiger partial charge in [-0.25, -0.2) is 0 Å². The fourth-order valence-electron chi connectivity index (χ4n) is 1.85. The summed E-state index contributed by atoms with van der Waals surface area (Å²) in [5.41, 5.74) is -0.798. The molecule has 1 saturated heterocycles. The molecule has 1 aliphatic rings. The van der Waals surface area contributed by atoms with Crippen LogP contribution in [0.15, 0.2) is 0 Å². The van der Waals surface area contributed by atoms with Gasteiger partial charge in [-0.2, -0.15) is 0 Å². The third kappa shape index (κ3) is 5.02. The van der Waals surface area contributed by atoms with Crippen LogP contribution in [0.25, 0.3) is 0 Å². The molecule has 0 aromatic carbocycles. The summed E-state index contributed by atoms with van der Waals surface area (Å²) in [5.74, 6) is -0.0848. The Labute approximate surface area is 103 Å². The molecule has 1 amide bonds. The summed E-state index contributed by atoms with van der Waals surface area (Å²) in [6.45, 7) is 4.16. The highest BCUT2D eigenvalue weighted by Gasteiger charge is 2.32. The molecule has 17 heavy (non-hydrogen) atoms. The fourth-order valence-corrected chi connectivity index (χ4v) is 1.85. The highest BCUT2D eigenvalue weighted by molar-refractivity contribution is 5.77. The van der Waals surface area contributed by atoms with Gasteiger partial charge in [0.25, 0.3) is 0 Å². The molecule has 5 nitrogen and oxygen atoms in total. The summed E-state index contributed by atoms with van der Waals surface area (Å²) >= 11 is 0. The summed E-state index contributed by atoms with van der Waals surface area (Å²) in [4.78, 5) is 13.2. The molecule has 0 aliphatic carbocycles. The molecular formula is C12H23NO4. The third-order valence-electron chi connectivity index (χ3n) is 2.95. The minimum Gasteiger partial charge on any atom is -0.388 e. The van der Waals surface area contributed by atoms with Crippen molar-refractivity contribution in [3.8, 4) is 0 Å². The van der Waals surface area contributed by atoms with E-state index in [0.717, 1.165) is 6.42 Å². The maximum atomic E-state index is 11.7. The molecule has 0 saturated carbocycles. The Kier molecular flexibility index (Phi) is 5.88. The molecule has 1 heterocycles. The van der Waals surface area contributed by atoms with Gasteiger partial charge < -0.3 is 19.5 Å². The highest BCUT2D eigenvalue weighted by Crippen LogP contribution is 2.21. The number of hydrogen-bond donors (Lipinski definition) is 1. The molecule has 0 bridgehead atoms. The van der Waals surface area contributed by atoms with Crippen LogP contribution in [0, 0.1) is 0 Å². The predicted molar refractivity (Wildman–Crippen MR) is 63.7 cm³/mol. The van der Waals surface area contributed by atoms with Crippen molar-refractivity contribution < 1.29 is 19.4 Å². The van der Waals surface area contributed by atoms with Crippen molar-refractivity contribution in [1.29, 1.82) is 0 Å². The maximum absolute atomic E-state index is 11.7. The molecule has 0 atom stereocenters. The van der Waals surface area contributed by atoms with Crippen LogP contribution >= 0.6 is 0 Å². The molecule has 5 heteroatoms. The van der Waals surface area contributed by atoms with Gasteiger partial charge in [0, 0.05) is 46.3 Å². The molecule has 0 aromatic heterocycles. The van der Waals surface area contributed by atoms with Crippen molar-refractivity contribution >= 4 is 5.91 Å². The lowest BCUT2D eigenvalue weighted by Gasteiger charge is -2.35. The molecule has 1 aliphatic heterocycles. The Morgan fingerprint density at radius 3 is 2.71 bits per heavy atom. The quantitative estimate of drug-likeness (QED) is 0.689. The van der Waals surface area contributed by atoms with Crippen molar-refractivity contribution in [2.75, 3.05) is 40.0 Å². The third-order valence-corrected chi connectivity index (χ3v) is 2.95. The van der Waals surface area contributed by atoms with E-state index in [1.165, 1.54) is 0 Å². The van der Waals surface area contributed by atoms with Gasteiger partial charge >= 0.3 is 0 Å². The van der Waals surface area contributed by atoms with Crippen molar-refractivity contribution in [3.63, 3.8) is 0 Å². The number of ether oxygens (including phenoxy) is 2. The number of hydrogen-bond acceptors (Lipinski definition) is 4. The van der Waals surface area contributed by atoms with E-state index < -0.39 is 5.60 Å². The highest BCUT2D eigenvalue weighted by atomic mass is 16.5. The van der Waals surface area contributed by atoms with Crippen molar-refractivity contribution in [2.24, 2.45) is 0 Å². The van der Waals surface area contributed by atoms with Gasteiger partial charge in [0.05, 0.1) is 5.60 Å². The zero-order valence-electron chi connectivity index (χ0n) is 10.8. The van der Waals surface area contributed by atoms with E-state index in [9.17, 15) is 9.90 Å². The lowest BCUT2D eigenvalue weighted by Crippen LogP contribution is -2.48. The van der Waals surface area contributed by atoms with Crippen LogP contribution in [0.3, 0.4) is 0 Å². The zero-order valence-corrected chi connectivity index (χ0v) is 10.8. The van der Waals surface area contributed by atoms with E-state index in [4.69, 9.17) is 9.47 Å². The second-order valence-corrected chi connectivity index (χ2v) is 4.64. The number of aliphatic hydroxyl groups is 1. The predicted octanol–water partition coefficient (Wildman–Crippen LogP) is 0.413. The van der Waals surface area contributed by atoms with Gasteiger partial charge in [-0.1, -0.05) is 6.92 Å². The summed E-state index contributed by atoms with van der Waals surface area (Å²) in [5, 5.41) is 10.2. The van der Waals surface area contributed by atoms with E-state index >= 15 is 0 Å². The Morgan fingerprint density at radius 2 is 2.12 bits per heavy atom. The monoisotopic (exact) mass is 245 g/mol. The fraction of sp³-hybridized carbons (Fsp3) is 0.917. The minimum atomic E-state index is -0.798. The van der Waals surface area contributed by atoms with Crippen molar-refractivity contribution in [3.05, 3.63) is 0 Å². The van der Waals surface area contributed by atoms with Crippen LogP contribution in [-0.2, 0) is 14.3 Å². The summed E-state index contributed by atoms with van der Waals surface area (Å²) in [6, 6.07) is 0. The average molecular weight is 245 g/mol. The average Bonchev–Trinajstić information content (AvgIpc) is 2.29. The van der Waals surface area contributed by atoms with Gasteiger partial charge in [0.1, 0.15) is 6.61 Å². The standard InChI is InChI=1S/C12H23NO4/c1-3-6-17-9-11(14)13(2)10-12(15)4-7-16-8-5-12/h15H,3-10H2,1-2H3. The first-order chi connectivity index (χ1) is 8.07. The first-order valence-electron chi connectivity index (χ1n) is 6.19. The molecule has 0 unspecified atom stereocenters. The number of nitrogens with zero attached hydrogens (tertiary/aromatic N) is 1. The van der Waals surface area contributed by atoms with E-state index in [2.05, 4.69) is 0 Å². The molecular weight excluding hydrogens is 222 g/mol. The van der Waals surface area contributed by atoms with E-state index in [1.54, 1.807) is 11.9 Å². The Balaban J connectivity index is 2.31. The SMILES string of the molecule is CCCOCC(=O)N(C)CC1(O)CCOCC1. The second kappa shape index (κ2) is 6.93. The van der Waals surface area contributed by atoms with Crippen LogP contribution in [-0.4, -0.2) is 61.5 Å². The molecule has 0 spiro atoms. The lowest BCUT2D eigenvalue weighted by molar-refractivity contribution is -0.141. The Hall–Kier alpha value is -0.650. The first-order valence-corrected chi connectivity index (χ1v) is 6.19. The van der Waals surface area contributed by atoms with Crippen molar-refractivity contribution in [1.82, 2.24) is 4.90 Å². The topological polar surface area (TPSA) is 59.0 Å². The largest absolute Gasteiger partial charge is 0.388 e. The zero-order chi connectivity index (χ0) is 12.7. The van der Waals surface area contributed by atoms with E-state index in [1.807, 2.05) is 6.92 Å². The number of carbonyl (C=O) groups excluding carboxylic acids is 1. The Morgan fingerprint density at radius 1 is 1.47 bits per heavy atom. The molecule has 100 valence electrons. The van der Waals surface area contributed by atoms with Gasteiger partial charge in [-0.05, 0) is 6.42 Å². The van der Waals surface area contributed by atoms with Gasteiger partial charge in [-0.15, -0.1) is 0 Å². The van der Waals surface area contributed by atoms with Gasteiger partial charge in [0.15, 0.2) is 0 Å². The van der Waals surface area contributed by atoms with Crippen LogP contribution < -0.4 is 0 Å². The van der Waals surface area contributed by atoms with Crippen molar-refractivity contribution in [2.45, 2.75) is 31.8 Å². The molecule has 1 rings (SSSR count). The molecule has 0 radical (unpaired) electrons. The van der Waals surface area contributed by atoms with Crippen LogP contribution in [0.2, 0.25) is 0 Å². The first kappa shape index (κ1) is 14.4. The lowest BCUT2D eigenvalue weighted by atomic mass is 9.94. The van der Waals surface area contributed by atoms with Crippen LogP contribution in [0.1, 0.15) is 26.2 Å².